The monoisotopic (exact) mass is 200 g/mol. The Morgan fingerprint density at radius 2 is 1.79 bits per heavy atom. The quantitative estimate of drug-likeness (QED) is 0.676. The zero-order chi connectivity index (χ0) is 9.26. The number of carbonyl (C=O) groups excluding carboxylic acids is 2. The summed E-state index contributed by atoms with van der Waals surface area (Å²) >= 11 is 0. The van der Waals surface area contributed by atoms with Gasteiger partial charge in [0.15, 0.2) is 0 Å². The van der Waals surface area contributed by atoms with Crippen molar-refractivity contribution in [2.24, 2.45) is 0 Å². The maximum atomic E-state index is 11.1. The Morgan fingerprint density at radius 1 is 1.14 bits per heavy atom. The Kier molecular flexibility index (Phi) is 3.69. The summed E-state index contributed by atoms with van der Waals surface area (Å²) in [6.45, 7) is 0. The van der Waals surface area contributed by atoms with Crippen LogP contribution in [0, 0.1) is 0 Å². The molecule has 1 aromatic carbocycles. The van der Waals surface area contributed by atoms with Gasteiger partial charge in [0.05, 0.1) is 0 Å². The van der Waals surface area contributed by atoms with E-state index in [9.17, 15) is 9.59 Å². The molecule has 1 N–H and O–H groups in total. The van der Waals surface area contributed by atoms with E-state index in [2.05, 4.69) is 5.32 Å². The first-order valence-corrected chi connectivity index (χ1v) is 3.84. The summed E-state index contributed by atoms with van der Waals surface area (Å²) in [7, 11) is 0. The second-order valence-corrected chi connectivity index (χ2v) is 2.69. The van der Waals surface area contributed by atoms with Gasteiger partial charge in [-0.05, 0) is 0 Å². The van der Waals surface area contributed by atoms with Crippen LogP contribution in [0.25, 0.3) is 0 Å². The van der Waals surface area contributed by atoms with Crippen LogP contribution >= 0.6 is 0 Å². The summed E-state index contributed by atoms with van der Waals surface area (Å²) in [5, 5.41) is 2.07. The Labute approximate surface area is 103 Å². The predicted octanol–water partition coefficient (Wildman–Crippen LogP) is 0.613. The topological polar surface area (TPSA) is 55.4 Å². The second kappa shape index (κ2) is 4.59. The van der Waals surface area contributed by atoms with Gasteiger partial charge >= 0.3 is 6.09 Å². The first-order chi connectivity index (χ1) is 6.27. The number of cyclic esters (lactones) is 1. The number of hydrogen-bond donors (Lipinski definition) is 1. The number of alkyl carbamates (subject to hydrolysis) is 1. The molecule has 1 aliphatic rings. The van der Waals surface area contributed by atoms with Crippen LogP contribution in [0.1, 0.15) is 11.7 Å². The zero-order valence-electron chi connectivity index (χ0n) is 7.69. The van der Waals surface area contributed by atoms with Gasteiger partial charge in [-0.25, -0.2) is 4.79 Å². The minimum atomic E-state index is -0.784. The molecule has 0 bridgehead atoms. The fourth-order valence-electron chi connectivity index (χ4n) is 1.20. The molecular weight excluding hydrogens is 193 g/mol. The Morgan fingerprint density at radius 3 is 2.29 bits per heavy atom. The minimum absolute atomic E-state index is 0. The molecule has 1 aliphatic heterocycles. The maximum absolute atomic E-state index is 11.1. The van der Waals surface area contributed by atoms with Crippen LogP contribution in [0.15, 0.2) is 30.3 Å². The van der Waals surface area contributed by atoms with Crippen LogP contribution in [0.4, 0.5) is 4.79 Å². The van der Waals surface area contributed by atoms with Crippen molar-refractivity contribution in [2.75, 3.05) is 0 Å². The smallest absolute Gasteiger partial charge is 0.415 e. The largest absolute Gasteiger partial charge is 0.431 e. The van der Waals surface area contributed by atoms with Crippen molar-refractivity contribution in [3.8, 4) is 0 Å². The third-order valence-electron chi connectivity index (χ3n) is 1.79. The van der Waals surface area contributed by atoms with Crippen LogP contribution in [0.3, 0.4) is 0 Å². The first kappa shape index (κ1) is 11.2. The van der Waals surface area contributed by atoms with E-state index >= 15 is 0 Å². The van der Waals surface area contributed by atoms with Gasteiger partial charge in [0.2, 0.25) is 6.10 Å². The molecule has 0 aliphatic carbocycles. The molecule has 0 spiro atoms. The molecule has 2 amide bonds. The number of amides is 2. The summed E-state index contributed by atoms with van der Waals surface area (Å²) < 4.78 is 4.76. The van der Waals surface area contributed by atoms with E-state index < -0.39 is 18.1 Å². The third-order valence-corrected chi connectivity index (χ3v) is 1.79. The molecule has 1 saturated heterocycles. The third kappa shape index (κ3) is 2.15. The molecule has 1 unspecified atom stereocenters. The Balaban J connectivity index is 0.000000980. The van der Waals surface area contributed by atoms with E-state index in [4.69, 9.17) is 4.74 Å². The van der Waals surface area contributed by atoms with E-state index in [0.717, 1.165) is 0 Å². The van der Waals surface area contributed by atoms with Crippen LogP contribution in [-0.4, -0.2) is 41.6 Å². The van der Waals surface area contributed by atoms with E-state index in [-0.39, 0.29) is 29.6 Å². The first-order valence-electron chi connectivity index (χ1n) is 3.84. The predicted molar refractivity (Wildman–Crippen MR) is 49.6 cm³/mol. The number of nitrogens with one attached hydrogen (secondary N) is 1. The van der Waals surface area contributed by atoms with Crippen molar-refractivity contribution < 1.29 is 14.3 Å². The van der Waals surface area contributed by atoms with Gasteiger partial charge in [0, 0.05) is 35.1 Å². The molecule has 67 valence electrons. The SMILES string of the molecule is O=C1NC(=O)C(c2ccccc2)O1.[Na]. The van der Waals surface area contributed by atoms with Crippen molar-refractivity contribution in [1.29, 1.82) is 0 Å². The average Bonchev–Trinajstić information content (AvgIpc) is 2.47. The van der Waals surface area contributed by atoms with Gasteiger partial charge in [-0.1, -0.05) is 30.3 Å². The maximum Gasteiger partial charge on any atom is 0.415 e. The second-order valence-electron chi connectivity index (χ2n) is 2.69. The number of rotatable bonds is 1. The van der Waals surface area contributed by atoms with Crippen molar-refractivity contribution in [3.63, 3.8) is 0 Å². The van der Waals surface area contributed by atoms with E-state index in [1.54, 1.807) is 24.3 Å². The molecule has 14 heavy (non-hydrogen) atoms. The number of ether oxygens (including phenoxy) is 1. The molecule has 1 heterocycles. The van der Waals surface area contributed by atoms with Gasteiger partial charge < -0.3 is 4.74 Å². The molecule has 1 fully saturated rings. The average molecular weight is 200 g/mol. The fraction of sp³-hybridized carbons (Fsp3) is 0.111. The Hall–Kier alpha value is -0.840. The zero-order valence-corrected chi connectivity index (χ0v) is 9.69. The molecule has 5 heteroatoms. The van der Waals surface area contributed by atoms with Crippen molar-refractivity contribution in [1.82, 2.24) is 5.32 Å². The van der Waals surface area contributed by atoms with Gasteiger partial charge in [0.1, 0.15) is 0 Å². The van der Waals surface area contributed by atoms with E-state index in [1.807, 2.05) is 6.07 Å². The fourth-order valence-corrected chi connectivity index (χ4v) is 1.20. The summed E-state index contributed by atoms with van der Waals surface area (Å²) in [6.07, 6.45) is -1.47. The molecule has 2 rings (SSSR count). The number of imide groups is 1. The molecule has 1 radical (unpaired) electrons. The molecule has 1 atom stereocenters. The van der Waals surface area contributed by atoms with Crippen molar-refractivity contribution in [2.45, 2.75) is 6.10 Å². The number of benzene rings is 1. The standard InChI is InChI=1S/C9H7NO3.Na/c11-8-7(13-9(12)10-8)6-4-2-1-3-5-6;/h1-5,7H,(H,10,11,12);. The van der Waals surface area contributed by atoms with Crippen LogP contribution in [0.2, 0.25) is 0 Å². The van der Waals surface area contributed by atoms with Gasteiger partial charge in [-0.15, -0.1) is 0 Å². The van der Waals surface area contributed by atoms with Crippen LogP contribution in [-0.2, 0) is 9.53 Å². The normalized spacial score (nSPS) is 19.6. The number of carbonyl (C=O) groups is 2. The summed E-state index contributed by atoms with van der Waals surface area (Å²) in [4.78, 5) is 21.8. The van der Waals surface area contributed by atoms with Crippen LogP contribution < -0.4 is 5.32 Å². The van der Waals surface area contributed by atoms with Gasteiger partial charge in [-0.2, -0.15) is 0 Å². The van der Waals surface area contributed by atoms with Crippen LogP contribution in [0.5, 0.6) is 0 Å². The Bertz CT molecular complexity index is 352. The van der Waals surface area contributed by atoms with E-state index in [1.165, 1.54) is 0 Å². The molecule has 4 nitrogen and oxygen atoms in total. The molecule has 0 saturated carbocycles. The van der Waals surface area contributed by atoms with Gasteiger partial charge in [0.25, 0.3) is 5.91 Å². The minimum Gasteiger partial charge on any atom is -0.431 e. The van der Waals surface area contributed by atoms with E-state index in [0.29, 0.717) is 5.56 Å². The summed E-state index contributed by atoms with van der Waals surface area (Å²) in [5.74, 6) is -0.406. The molecule has 1 aromatic rings. The summed E-state index contributed by atoms with van der Waals surface area (Å²) in [6, 6.07) is 8.88. The molecule has 0 aromatic heterocycles. The number of hydrogen-bond acceptors (Lipinski definition) is 3. The van der Waals surface area contributed by atoms with Crippen molar-refractivity contribution in [3.05, 3.63) is 35.9 Å². The summed E-state index contributed by atoms with van der Waals surface area (Å²) in [5.41, 5.74) is 0.686. The molecular formula is C9H7NNaO3. The van der Waals surface area contributed by atoms with Crippen molar-refractivity contribution >= 4 is 41.6 Å². The van der Waals surface area contributed by atoms with Gasteiger partial charge in [-0.3, -0.25) is 10.1 Å².